The number of guanidine groups is 1. The second-order valence-electron chi connectivity index (χ2n) is 14.8. The van der Waals surface area contributed by atoms with Crippen molar-refractivity contribution in [2.24, 2.45) is 5.41 Å². The normalized spacial score (nSPS) is 18.6. The number of hydrogen-bond acceptors (Lipinski definition) is 8. The van der Waals surface area contributed by atoms with Crippen molar-refractivity contribution in [2.45, 2.75) is 74.3 Å². The molecule has 2 fully saturated rings. The van der Waals surface area contributed by atoms with E-state index in [2.05, 4.69) is 20.7 Å². The summed E-state index contributed by atoms with van der Waals surface area (Å²) in [5, 5.41) is 17.0. The van der Waals surface area contributed by atoms with Gasteiger partial charge >= 0.3 is 18.8 Å². The van der Waals surface area contributed by atoms with E-state index >= 15 is 0 Å². The molecule has 1 saturated heterocycles. The number of alkyl halides is 7. The van der Waals surface area contributed by atoms with E-state index in [1.54, 1.807) is 0 Å². The van der Waals surface area contributed by atoms with Crippen molar-refractivity contribution in [1.82, 2.24) is 30.3 Å². The number of rotatable bonds is 13. The van der Waals surface area contributed by atoms with Gasteiger partial charge in [-0.2, -0.15) is 31.7 Å². The van der Waals surface area contributed by atoms with Gasteiger partial charge in [-0.3, -0.25) is 15.1 Å². The number of nitrogens with zero attached hydrogens (tertiary/aromatic N) is 4. The number of halogens is 9. The summed E-state index contributed by atoms with van der Waals surface area (Å²) in [5.74, 6) is -3.45. The lowest BCUT2D eigenvalue weighted by atomic mass is 9.73. The Morgan fingerprint density at radius 2 is 1.68 bits per heavy atom. The minimum atomic E-state index is -4.91. The number of benzene rings is 3. The average Bonchev–Trinajstić information content (AvgIpc) is 3.67. The Labute approximate surface area is 336 Å². The summed E-state index contributed by atoms with van der Waals surface area (Å²) in [6.45, 7) is -2.41. The van der Waals surface area contributed by atoms with Gasteiger partial charge in [-0.15, -0.1) is 0 Å². The number of sulfone groups is 1. The standard InChI is InChI=1S/C37H34ClF8N7O5S/c1-34(2,37(44,45)46)17-36(22-8-4-19(5-9-22)20-7-11-27(25(39)15-20)59(3,56)57)30(54)52(32(47)50-36)26(16-58-33(55)51-35(12-13-35)29(40)41)21-6-10-24(38)23(14-21)28-48-18-49-53(28)31(42)43/h4-11,14-15,18,26,29,31H,12-13,16-17H2,1-3H3,(H2,47,50)(H,51,55)/t26-,36-/m1/s1. The Kier molecular flexibility index (Phi) is 11.3. The lowest BCUT2D eigenvalue weighted by molar-refractivity contribution is -0.218. The minimum absolute atomic E-state index is 0.0586. The number of hydrogen-bond donors (Lipinski definition) is 3. The van der Waals surface area contributed by atoms with Gasteiger partial charge in [-0.05, 0) is 65.8 Å². The Morgan fingerprint density at radius 3 is 2.24 bits per heavy atom. The maximum absolute atomic E-state index is 14.9. The highest BCUT2D eigenvalue weighted by Gasteiger charge is 2.60. The molecule has 1 saturated carbocycles. The van der Waals surface area contributed by atoms with E-state index in [1.807, 2.05) is 0 Å². The second-order valence-corrected chi connectivity index (χ2v) is 17.2. The molecule has 6 rings (SSSR count). The van der Waals surface area contributed by atoms with Crippen molar-refractivity contribution in [2.75, 3.05) is 12.9 Å². The van der Waals surface area contributed by atoms with Crippen LogP contribution in [0.1, 0.15) is 56.8 Å². The van der Waals surface area contributed by atoms with Gasteiger partial charge in [0.15, 0.2) is 21.6 Å². The number of nitrogens with one attached hydrogen (secondary N) is 3. The lowest BCUT2D eigenvalue weighted by Crippen LogP contribution is -2.50. The predicted octanol–water partition coefficient (Wildman–Crippen LogP) is 8.01. The number of carbonyl (C=O) groups excluding carboxylic acids is 2. The number of aromatic nitrogens is 3. The Hall–Kier alpha value is -5.31. The van der Waals surface area contributed by atoms with Crippen LogP contribution in [0.3, 0.4) is 0 Å². The molecule has 12 nitrogen and oxygen atoms in total. The van der Waals surface area contributed by atoms with Crippen LogP contribution in [0, 0.1) is 16.6 Å². The monoisotopic (exact) mass is 875 g/mol. The fourth-order valence-corrected chi connectivity index (χ4v) is 7.71. The lowest BCUT2D eigenvalue weighted by Gasteiger charge is -2.37. The molecule has 22 heteroatoms. The molecule has 0 radical (unpaired) electrons. The molecule has 1 aromatic heterocycles. The fourth-order valence-electron chi connectivity index (χ4n) is 6.78. The van der Waals surface area contributed by atoms with E-state index in [1.165, 1.54) is 48.5 Å². The van der Waals surface area contributed by atoms with Crippen molar-refractivity contribution in [1.29, 1.82) is 5.41 Å². The van der Waals surface area contributed by atoms with E-state index in [9.17, 15) is 53.1 Å². The third-order valence-corrected chi connectivity index (χ3v) is 11.7. The first-order valence-electron chi connectivity index (χ1n) is 17.5. The molecule has 59 heavy (non-hydrogen) atoms. The van der Waals surface area contributed by atoms with Crippen LogP contribution in [0.4, 0.5) is 39.9 Å². The van der Waals surface area contributed by atoms with Gasteiger partial charge in [0.2, 0.25) is 0 Å². The van der Waals surface area contributed by atoms with Gasteiger partial charge in [0.1, 0.15) is 34.7 Å². The summed E-state index contributed by atoms with van der Waals surface area (Å²) in [4.78, 5) is 31.8. The average molecular weight is 876 g/mol. The molecular formula is C37H34ClF8N7O5S. The van der Waals surface area contributed by atoms with E-state index in [4.69, 9.17) is 21.7 Å². The summed E-state index contributed by atoms with van der Waals surface area (Å²) in [7, 11) is -3.91. The van der Waals surface area contributed by atoms with Crippen LogP contribution < -0.4 is 10.6 Å². The van der Waals surface area contributed by atoms with Gasteiger partial charge in [-0.1, -0.05) is 61.8 Å². The molecule has 2 aliphatic rings. The van der Waals surface area contributed by atoms with Crippen LogP contribution in [0.2, 0.25) is 5.02 Å². The first kappa shape index (κ1) is 43.3. The largest absolute Gasteiger partial charge is 0.447 e. The van der Waals surface area contributed by atoms with Crippen LogP contribution >= 0.6 is 11.6 Å². The topological polar surface area (TPSA) is 159 Å². The van der Waals surface area contributed by atoms with Crippen LogP contribution in [-0.4, -0.2) is 77.0 Å². The molecular weight excluding hydrogens is 842 g/mol. The summed E-state index contributed by atoms with van der Waals surface area (Å²) in [6.07, 6.45) is -8.72. The molecule has 2 heterocycles. The van der Waals surface area contributed by atoms with Crippen LogP contribution in [-0.2, 0) is 24.9 Å². The zero-order chi connectivity index (χ0) is 43.5. The minimum Gasteiger partial charge on any atom is -0.447 e. The zero-order valence-corrected chi connectivity index (χ0v) is 32.6. The van der Waals surface area contributed by atoms with E-state index in [0.29, 0.717) is 4.90 Å². The number of amides is 2. The first-order valence-corrected chi connectivity index (χ1v) is 19.8. The van der Waals surface area contributed by atoms with Crippen LogP contribution in [0.5, 0.6) is 0 Å². The molecule has 0 bridgehead atoms. The second kappa shape index (κ2) is 15.4. The summed E-state index contributed by atoms with van der Waals surface area (Å²) < 4.78 is 143. The van der Waals surface area contributed by atoms with Crippen molar-refractivity contribution in [3.8, 4) is 22.5 Å². The molecule has 0 unspecified atom stereocenters. The van der Waals surface area contributed by atoms with E-state index < -0.39 is 99.0 Å². The number of alkyl carbamates (subject to hydrolysis) is 1. The quantitative estimate of drug-likeness (QED) is 0.114. The van der Waals surface area contributed by atoms with Crippen molar-refractivity contribution < 1.29 is 57.9 Å². The molecule has 1 aliphatic heterocycles. The zero-order valence-electron chi connectivity index (χ0n) is 31.1. The third kappa shape index (κ3) is 8.30. The Balaban J connectivity index is 1.44. The molecule has 3 aromatic carbocycles. The SMILES string of the molecule is CC(C)(C[C@]1(c2ccc(-c3ccc(S(C)(=O)=O)c(F)c3)cc2)NC(=N)N([C@H](COC(=O)NC2(C(F)F)CC2)c2ccc(Cl)c(-c3ncnn3C(F)F)c2)C1=O)C(F)(F)F. The van der Waals surface area contributed by atoms with E-state index in [-0.39, 0.29) is 50.4 Å². The van der Waals surface area contributed by atoms with Crippen molar-refractivity contribution in [3.05, 3.63) is 89.0 Å². The highest BCUT2D eigenvalue weighted by Crippen LogP contribution is 2.49. The molecule has 3 N–H and O–H groups in total. The highest BCUT2D eigenvalue weighted by atomic mass is 35.5. The predicted molar refractivity (Wildman–Crippen MR) is 196 cm³/mol. The fraction of sp³-hybridized carbons (Fsp3) is 0.378. The van der Waals surface area contributed by atoms with Crippen LogP contribution in [0.15, 0.2) is 71.9 Å². The highest BCUT2D eigenvalue weighted by molar-refractivity contribution is 7.90. The van der Waals surface area contributed by atoms with E-state index in [0.717, 1.165) is 38.6 Å². The van der Waals surface area contributed by atoms with Gasteiger partial charge in [0, 0.05) is 11.8 Å². The number of ether oxygens (including phenoxy) is 1. The molecule has 1 aliphatic carbocycles. The van der Waals surface area contributed by atoms with Crippen LogP contribution in [0.25, 0.3) is 22.5 Å². The molecule has 316 valence electrons. The Bertz CT molecular complexity index is 2410. The van der Waals surface area contributed by atoms with Gasteiger partial charge < -0.3 is 15.4 Å². The number of carbonyl (C=O) groups is 2. The molecule has 0 spiro atoms. The maximum atomic E-state index is 14.9. The third-order valence-electron chi connectivity index (χ3n) is 10.3. The molecule has 4 aromatic rings. The van der Waals surface area contributed by atoms with Gasteiger partial charge in [-0.25, -0.2) is 31.4 Å². The van der Waals surface area contributed by atoms with Gasteiger partial charge in [0.05, 0.1) is 16.5 Å². The summed E-state index contributed by atoms with van der Waals surface area (Å²) in [6, 6.07) is 10.5. The molecule has 2 atom stereocenters. The van der Waals surface area contributed by atoms with Gasteiger partial charge in [0.25, 0.3) is 12.3 Å². The Morgan fingerprint density at radius 1 is 1.03 bits per heavy atom. The smallest absolute Gasteiger partial charge is 0.407 e. The summed E-state index contributed by atoms with van der Waals surface area (Å²) in [5.41, 5.74) is -6.73. The van der Waals surface area contributed by atoms with Crippen molar-refractivity contribution >= 4 is 39.4 Å². The maximum Gasteiger partial charge on any atom is 0.407 e. The summed E-state index contributed by atoms with van der Waals surface area (Å²) >= 11 is 6.38. The molecule has 2 amide bonds. The van der Waals surface area contributed by atoms with Crippen molar-refractivity contribution in [3.63, 3.8) is 0 Å². The first-order chi connectivity index (χ1) is 27.4.